The van der Waals surface area contributed by atoms with Crippen molar-refractivity contribution in [2.75, 3.05) is 0 Å². The van der Waals surface area contributed by atoms with Gasteiger partial charge in [-0.3, -0.25) is 4.79 Å². The van der Waals surface area contributed by atoms with E-state index in [1.807, 2.05) is 43.3 Å². The number of halogens is 1. The highest BCUT2D eigenvalue weighted by molar-refractivity contribution is 14.1. The number of rotatable bonds is 3. The van der Waals surface area contributed by atoms with Gasteiger partial charge in [0, 0.05) is 3.57 Å². The van der Waals surface area contributed by atoms with Gasteiger partial charge in [0.1, 0.15) is 0 Å². The maximum Gasteiger partial charge on any atom is 0.252 e. The Labute approximate surface area is 143 Å². The standard InChI is InChI=1S/C19H16INO/c1-13(21-19(22)17-8-4-5-9-18(17)20)15-11-10-14-6-2-3-7-16(14)12-15/h2-13H,1H3,(H,21,22)/t13-/m0/s1. The van der Waals surface area contributed by atoms with E-state index in [4.69, 9.17) is 0 Å². The summed E-state index contributed by atoms with van der Waals surface area (Å²) >= 11 is 2.19. The lowest BCUT2D eigenvalue weighted by Crippen LogP contribution is -2.27. The largest absolute Gasteiger partial charge is 0.345 e. The molecular weight excluding hydrogens is 385 g/mol. The van der Waals surface area contributed by atoms with Gasteiger partial charge in [-0.1, -0.05) is 48.5 Å². The van der Waals surface area contributed by atoms with Crippen molar-refractivity contribution in [2.45, 2.75) is 13.0 Å². The molecule has 0 radical (unpaired) electrons. The summed E-state index contributed by atoms with van der Waals surface area (Å²) in [5.41, 5.74) is 1.83. The van der Waals surface area contributed by atoms with E-state index in [-0.39, 0.29) is 11.9 Å². The van der Waals surface area contributed by atoms with Gasteiger partial charge in [0.05, 0.1) is 11.6 Å². The van der Waals surface area contributed by atoms with Crippen molar-refractivity contribution in [1.82, 2.24) is 5.32 Å². The smallest absolute Gasteiger partial charge is 0.252 e. The molecule has 3 heteroatoms. The Bertz CT molecular complexity index is 828. The van der Waals surface area contributed by atoms with Crippen LogP contribution in [0.25, 0.3) is 10.8 Å². The van der Waals surface area contributed by atoms with Crippen LogP contribution in [0.1, 0.15) is 28.9 Å². The van der Waals surface area contributed by atoms with E-state index in [1.165, 1.54) is 10.8 Å². The first-order chi connectivity index (χ1) is 10.6. The van der Waals surface area contributed by atoms with Crippen LogP contribution in [0.5, 0.6) is 0 Å². The van der Waals surface area contributed by atoms with Crippen molar-refractivity contribution < 1.29 is 4.79 Å². The summed E-state index contributed by atoms with van der Waals surface area (Å²) in [6.07, 6.45) is 0. The highest BCUT2D eigenvalue weighted by Crippen LogP contribution is 2.21. The molecule has 0 unspecified atom stereocenters. The molecule has 110 valence electrons. The molecule has 2 nitrogen and oxygen atoms in total. The summed E-state index contributed by atoms with van der Waals surface area (Å²) in [7, 11) is 0. The number of carbonyl (C=O) groups excluding carboxylic acids is 1. The van der Waals surface area contributed by atoms with Crippen LogP contribution in [0.4, 0.5) is 0 Å². The van der Waals surface area contributed by atoms with Gasteiger partial charge in [-0.15, -0.1) is 0 Å². The Balaban J connectivity index is 1.82. The normalized spacial score (nSPS) is 12.1. The molecule has 0 saturated heterocycles. The molecule has 3 aromatic rings. The molecule has 0 aliphatic carbocycles. The van der Waals surface area contributed by atoms with E-state index >= 15 is 0 Å². The van der Waals surface area contributed by atoms with Gasteiger partial charge in [0.25, 0.3) is 5.91 Å². The molecule has 0 fully saturated rings. The first-order valence-electron chi connectivity index (χ1n) is 7.19. The number of hydrogen-bond donors (Lipinski definition) is 1. The van der Waals surface area contributed by atoms with Crippen molar-refractivity contribution in [2.24, 2.45) is 0 Å². The van der Waals surface area contributed by atoms with Gasteiger partial charge in [0.15, 0.2) is 0 Å². The molecule has 0 saturated carbocycles. The van der Waals surface area contributed by atoms with E-state index in [9.17, 15) is 4.79 Å². The third kappa shape index (κ3) is 3.14. The lowest BCUT2D eigenvalue weighted by molar-refractivity contribution is 0.0939. The van der Waals surface area contributed by atoms with Gasteiger partial charge in [0.2, 0.25) is 0 Å². The average molecular weight is 401 g/mol. The van der Waals surface area contributed by atoms with E-state index in [0.717, 1.165) is 14.7 Å². The molecule has 1 amide bonds. The quantitative estimate of drug-likeness (QED) is 0.620. The van der Waals surface area contributed by atoms with Gasteiger partial charge >= 0.3 is 0 Å². The predicted octanol–water partition coefficient (Wildman–Crippen LogP) is 4.94. The number of fused-ring (bicyclic) bond motifs is 1. The number of hydrogen-bond acceptors (Lipinski definition) is 1. The number of nitrogens with one attached hydrogen (secondary N) is 1. The zero-order valence-corrected chi connectivity index (χ0v) is 14.4. The fourth-order valence-electron chi connectivity index (χ4n) is 2.48. The fraction of sp³-hybridized carbons (Fsp3) is 0.105. The third-order valence-electron chi connectivity index (χ3n) is 3.74. The topological polar surface area (TPSA) is 29.1 Å². The molecule has 1 N–H and O–H groups in total. The number of amides is 1. The van der Waals surface area contributed by atoms with Gasteiger partial charge in [-0.25, -0.2) is 0 Å². The maximum atomic E-state index is 12.4. The third-order valence-corrected chi connectivity index (χ3v) is 4.68. The van der Waals surface area contributed by atoms with Gasteiger partial charge in [-0.2, -0.15) is 0 Å². The number of benzene rings is 3. The zero-order valence-electron chi connectivity index (χ0n) is 12.2. The molecule has 1 atom stereocenters. The summed E-state index contributed by atoms with van der Waals surface area (Å²) in [5, 5.41) is 5.47. The van der Waals surface area contributed by atoms with Crippen molar-refractivity contribution in [3.05, 3.63) is 81.4 Å². The van der Waals surface area contributed by atoms with E-state index < -0.39 is 0 Å². The second-order valence-corrected chi connectivity index (χ2v) is 6.44. The maximum absolute atomic E-state index is 12.4. The van der Waals surface area contributed by atoms with Crippen molar-refractivity contribution in [3.63, 3.8) is 0 Å². The van der Waals surface area contributed by atoms with Crippen LogP contribution in [-0.4, -0.2) is 5.91 Å². The first-order valence-corrected chi connectivity index (χ1v) is 8.27. The SMILES string of the molecule is C[C@H](NC(=O)c1ccccc1I)c1ccc2ccccc2c1. The van der Waals surface area contributed by atoms with E-state index in [1.54, 1.807) is 0 Å². The fourth-order valence-corrected chi connectivity index (χ4v) is 3.11. The minimum absolute atomic E-state index is 0.0342. The molecule has 0 spiro atoms. The molecule has 0 aliphatic rings. The predicted molar refractivity (Wildman–Crippen MR) is 99.0 cm³/mol. The van der Waals surface area contributed by atoms with Gasteiger partial charge < -0.3 is 5.32 Å². The Morgan fingerprint density at radius 3 is 2.41 bits per heavy atom. The molecule has 0 heterocycles. The minimum atomic E-state index is -0.0364. The summed E-state index contributed by atoms with van der Waals surface area (Å²) < 4.78 is 0.961. The van der Waals surface area contributed by atoms with E-state index in [0.29, 0.717) is 0 Å². The number of carbonyl (C=O) groups is 1. The zero-order chi connectivity index (χ0) is 15.5. The molecule has 0 aliphatic heterocycles. The lowest BCUT2D eigenvalue weighted by atomic mass is 10.0. The van der Waals surface area contributed by atoms with E-state index in [2.05, 4.69) is 58.2 Å². The highest BCUT2D eigenvalue weighted by atomic mass is 127. The van der Waals surface area contributed by atoms with Crippen molar-refractivity contribution in [3.8, 4) is 0 Å². The van der Waals surface area contributed by atoms with Crippen LogP contribution in [0.15, 0.2) is 66.7 Å². The van der Waals surface area contributed by atoms with Gasteiger partial charge in [-0.05, 0) is 64.0 Å². The molecule has 0 bridgehead atoms. The summed E-state index contributed by atoms with van der Waals surface area (Å²) in [6, 6.07) is 22.1. The Kier molecular flexibility index (Phi) is 4.43. The van der Waals surface area contributed by atoms with Crippen molar-refractivity contribution >= 4 is 39.3 Å². The van der Waals surface area contributed by atoms with Crippen molar-refractivity contribution in [1.29, 1.82) is 0 Å². The summed E-state index contributed by atoms with van der Waals surface area (Å²) in [4.78, 5) is 12.4. The van der Waals surface area contributed by atoms with Crippen LogP contribution < -0.4 is 5.32 Å². The Hall–Kier alpha value is -1.88. The van der Waals surface area contributed by atoms with Crippen LogP contribution in [0, 0.1) is 3.57 Å². The minimum Gasteiger partial charge on any atom is -0.345 e. The Morgan fingerprint density at radius 1 is 0.955 bits per heavy atom. The second kappa shape index (κ2) is 6.48. The molecule has 3 rings (SSSR count). The monoisotopic (exact) mass is 401 g/mol. The van der Waals surface area contributed by atoms with Crippen LogP contribution in [0.2, 0.25) is 0 Å². The average Bonchev–Trinajstić information content (AvgIpc) is 2.54. The molecular formula is C19H16INO. The van der Waals surface area contributed by atoms with Crippen LogP contribution in [0.3, 0.4) is 0 Å². The molecule has 0 aromatic heterocycles. The first kappa shape index (κ1) is 15.0. The molecule has 3 aromatic carbocycles. The van der Waals surface area contributed by atoms with Crippen LogP contribution >= 0.6 is 22.6 Å². The second-order valence-electron chi connectivity index (χ2n) is 5.28. The summed E-state index contributed by atoms with van der Waals surface area (Å²) in [5.74, 6) is -0.0364. The summed E-state index contributed by atoms with van der Waals surface area (Å²) in [6.45, 7) is 2.01. The highest BCUT2D eigenvalue weighted by Gasteiger charge is 2.13. The lowest BCUT2D eigenvalue weighted by Gasteiger charge is -2.15. The molecule has 22 heavy (non-hydrogen) atoms. The van der Waals surface area contributed by atoms with Crippen LogP contribution in [-0.2, 0) is 0 Å². The Morgan fingerprint density at radius 2 is 1.64 bits per heavy atom.